The third-order valence-corrected chi connectivity index (χ3v) is 5.62. The van der Waals surface area contributed by atoms with E-state index in [1.54, 1.807) is 16.2 Å². The summed E-state index contributed by atoms with van der Waals surface area (Å²) in [6.07, 6.45) is 7.38. The summed E-state index contributed by atoms with van der Waals surface area (Å²) < 4.78 is 0. The number of aromatic nitrogens is 1. The standard InChI is InChI=1S/C16H23N3O2S/c1-2-19-10-11(9-14(19)20)15(21)18-16-17-12-7-5-3-4-6-8-13(12)22-16/h11H,2-10H2,1H3,(H,17,18,21). The van der Waals surface area contributed by atoms with E-state index in [0.717, 1.165) is 18.5 Å². The Balaban J connectivity index is 1.64. The first kappa shape index (κ1) is 15.5. The Morgan fingerprint density at radius 3 is 2.82 bits per heavy atom. The first-order valence-electron chi connectivity index (χ1n) is 8.24. The molecule has 120 valence electrons. The van der Waals surface area contributed by atoms with Crippen LogP contribution in [0.1, 0.15) is 49.6 Å². The van der Waals surface area contributed by atoms with E-state index in [1.807, 2.05) is 6.92 Å². The summed E-state index contributed by atoms with van der Waals surface area (Å²) in [5.41, 5.74) is 1.16. The lowest BCUT2D eigenvalue weighted by Gasteiger charge is -2.12. The number of aryl methyl sites for hydroxylation is 2. The molecular weight excluding hydrogens is 298 g/mol. The smallest absolute Gasteiger partial charge is 0.231 e. The Hall–Kier alpha value is -1.43. The van der Waals surface area contributed by atoms with E-state index in [1.165, 1.54) is 30.6 Å². The Kier molecular flexibility index (Phi) is 4.76. The highest BCUT2D eigenvalue weighted by Gasteiger charge is 2.33. The number of amides is 2. The van der Waals surface area contributed by atoms with E-state index < -0.39 is 0 Å². The predicted molar refractivity (Wildman–Crippen MR) is 87.0 cm³/mol. The van der Waals surface area contributed by atoms with Crippen molar-refractivity contribution in [2.24, 2.45) is 5.92 Å². The Bertz CT molecular complexity index is 544. The second kappa shape index (κ2) is 6.77. The van der Waals surface area contributed by atoms with Gasteiger partial charge in [0.05, 0.1) is 11.6 Å². The SMILES string of the molecule is CCN1CC(C(=O)Nc2nc3c(s2)CCCCCC3)CC1=O. The van der Waals surface area contributed by atoms with Crippen molar-refractivity contribution in [1.29, 1.82) is 0 Å². The van der Waals surface area contributed by atoms with Gasteiger partial charge in [0, 0.05) is 24.4 Å². The van der Waals surface area contributed by atoms with Gasteiger partial charge in [-0.1, -0.05) is 12.8 Å². The van der Waals surface area contributed by atoms with Gasteiger partial charge in [0.1, 0.15) is 0 Å². The molecule has 1 unspecified atom stereocenters. The monoisotopic (exact) mass is 321 g/mol. The fraction of sp³-hybridized carbons (Fsp3) is 0.688. The second-order valence-corrected chi connectivity index (χ2v) is 7.21. The largest absolute Gasteiger partial charge is 0.342 e. The van der Waals surface area contributed by atoms with Crippen LogP contribution < -0.4 is 5.32 Å². The van der Waals surface area contributed by atoms with Crippen molar-refractivity contribution in [3.63, 3.8) is 0 Å². The van der Waals surface area contributed by atoms with Crippen LogP contribution in [0.2, 0.25) is 0 Å². The van der Waals surface area contributed by atoms with Gasteiger partial charge in [-0.3, -0.25) is 9.59 Å². The van der Waals surface area contributed by atoms with Gasteiger partial charge >= 0.3 is 0 Å². The van der Waals surface area contributed by atoms with E-state index in [4.69, 9.17) is 0 Å². The van der Waals surface area contributed by atoms with Gasteiger partial charge in [-0.25, -0.2) is 4.98 Å². The number of rotatable bonds is 3. The number of hydrogen-bond acceptors (Lipinski definition) is 4. The number of nitrogens with one attached hydrogen (secondary N) is 1. The number of anilines is 1. The maximum Gasteiger partial charge on any atom is 0.231 e. The summed E-state index contributed by atoms with van der Waals surface area (Å²) in [5, 5.41) is 3.64. The Labute approximate surface area is 135 Å². The fourth-order valence-electron chi connectivity index (χ4n) is 3.22. The summed E-state index contributed by atoms with van der Waals surface area (Å²) in [4.78, 5) is 31.8. The summed E-state index contributed by atoms with van der Waals surface area (Å²) in [6.45, 7) is 3.15. The van der Waals surface area contributed by atoms with Crippen LogP contribution in [0, 0.1) is 5.92 Å². The molecular formula is C16H23N3O2S. The fourth-order valence-corrected chi connectivity index (χ4v) is 4.27. The van der Waals surface area contributed by atoms with E-state index in [9.17, 15) is 9.59 Å². The second-order valence-electron chi connectivity index (χ2n) is 6.13. The number of carbonyl (C=O) groups excluding carboxylic acids is 2. The molecule has 0 bridgehead atoms. The van der Waals surface area contributed by atoms with Gasteiger partial charge in [0.15, 0.2) is 5.13 Å². The van der Waals surface area contributed by atoms with Crippen LogP contribution in [0.25, 0.3) is 0 Å². The summed E-state index contributed by atoms with van der Waals surface area (Å²) >= 11 is 1.61. The third-order valence-electron chi connectivity index (χ3n) is 4.54. The molecule has 1 saturated heterocycles. The zero-order chi connectivity index (χ0) is 15.5. The molecule has 1 atom stereocenters. The zero-order valence-corrected chi connectivity index (χ0v) is 13.9. The molecule has 0 saturated carbocycles. The first-order valence-corrected chi connectivity index (χ1v) is 9.06. The van der Waals surface area contributed by atoms with Crippen molar-refractivity contribution in [2.75, 3.05) is 18.4 Å². The Morgan fingerprint density at radius 2 is 2.09 bits per heavy atom. The molecule has 6 heteroatoms. The average Bonchev–Trinajstić information content (AvgIpc) is 3.02. The molecule has 3 rings (SSSR count). The van der Waals surface area contributed by atoms with Crippen molar-refractivity contribution in [3.8, 4) is 0 Å². The van der Waals surface area contributed by atoms with Crippen LogP contribution in [-0.4, -0.2) is 34.8 Å². The van der Waals surface area contributed by atoms with Crippen LogP contribution in [0.15, 0.2) is 0 Å². The molecule has 2 heterocycles. The van der Waals surface area contributed by atoms with Crippen LogP contribution >= 0.6 is 11.3 Å². The number of nitrogens with zero attached hydrogens (tertiary/aromatic N) is 2. The lowest BCUT2D eigenvalue weighted by molar-refractivity contribution is -0.128. The highest BCUT2D eigenvalue weighted by atomic mass is 32.1. The Morgan fingerprint density at radius 1 is 1.32 bits per heavy atom. The third kappa shape index (κ3) is 3.32. The van der Waals surface area contributed by atoms with E-state index in [-0.39, 0.29) is 17.7 Å². The van der Waals surface area contributed by atoms with Gasteiger partial charge in [0.25, 0.3) is 0 Å². The van der Waals surface area contributed by atoms with Crippen LogP contribution in [0.3, 0.4) is 0 Å². The topological polar surface area (TPSA) is 62.3 Å². The molecule has 0 radical (unpaired) electrons. The van der Waals surface area contributed by atoms with Crippen molar-refractivity contribution in [2.45, 2.75) is 51.9 Å². The van der Waals surface area contributed by atoms with E-state index >= 15 is 0 Å². The minimum absolute atomic E-state index is 0.0639. The minimum atomic E-state index is -0.237. The van der Waals surface area contributed by atoms with Crippen LogP contribution in [0.4, 0.5) is 5.13 Å². The molecule has 0 spiro atoms. The number of carbonyl (C=O) groups is 2. The maximum absolute atomic E-state index is 12.3. The molecule has 1 fully saturated rings. The molecule has 5 nitrogen and oxygen atoms in total. The lowest BCUT2D eigenvalue weighted by Crippen LogP contribution is -2.28. The summed E-state index contributed by atoms with van der Waals surface area (Å²) in [5.74, 6) is -0.223. The molecule has 1 N–H and O–H groups in total. The molecule has 2 aliphatic rings. The highest BCUT2D eigenvalue weighted by Crippen LogP contribution is 2.29. The van der Waals surface area contributed by atoms with Gasteiger partial charge in [-0.05, 0) is 32.6 Å². The molecule has 22 heavy (non-hydrogen) atoms. The molecule has 1 aliphatic heterocycles. The maximum atomic E-state index is 12.3. The number of likely N-dealkylation sites (tertiary alicyclic amines) is 1. The minimum Gasteiger partial charge on any atom is -0.342 e. The number of fused-ring (bicyclic) bond motifs is 1. The number of thiazole rings is 1. The van der Waals surface area contributed by atoms with Crippen molar-refractivity contribution < 1.29 is 9.59 Å². The predicted octanol–water partition coefficient (Wildman–Crippen LogP) is 2.61. The van der Waals surface area contributed by atoms with Crippen LogP contribution in [-0.2, 0) is 22.4 Å². The van der Waals surface area contributed by atoms with Gasteiger partial charge in [-0.2, -0.15) is 0 Å². The van der Waals surface area contributed by atoms with E-state index in [0.29, 0.717) is 24.6 Å². The van der Waals surface area contributed by atoms with Crippen molar-refractivity contribution in [1.82, 2.24) is 9.88 Å². The molecule has 2 amide bonds. The number of hydrogen-bond donors (Lipinski definition) is 1. The summed E-state index contributed by atoms with van der Waals surface area (Å²) in [7, 11) is 0. The molecule has 1 aromatic rings. The highest BCUT2D eigenvalue weighted by molar-refractivity contribution is 7.15. The quantitative estimate of drug-likeness (QED) is 0.931. The average molecular weight is 321 g/mol. The normalized spacial score (nSPS) is 22.1. The lowest BCUT2D eigenvalue weighted by atomic mass is 10.0. The zero-order valence-electron chi connectivity index (χ0n) is 13.1. The van der Waals surface area contributed by atoms with Crippen molar-refractivity contribution >= 4 is 28.3 Å². The molecule has 1 aromatic heterocycles. The van der Waals surface area contributed by atoms with Crippen LogP contribution in [0.5, 0.6) is 0 Å². The van der Waals surface area contributed by atoms with Crippen molar-refractivity contribution in [3.05, 3.63) is 10.6 Å². The van der Waals surface area contributed by atoms with Gasteiger partial charge < -0.3 is 10.2 Å². The first-order chi connectivity index (χ1) is 10.7. The molecule has 1 aliphatic carbocycles. The summed E-state index contributed by atoms with van der Waals surface area (Å²) in [6, 6.07) is 0. The van der Waals surface area contributed by atoms with Gasteiger partial charge in [-0.15, -0.1) is 11.3 Å². The van der Waals surface area contributed by atoms with E-state index in [2.05, 4.69) is 10.3 Å². The van der Waals surface area contributed by atoms with Gasteiger partial charge in [0.2, 0.25) is 11.8 Å². The molecule has 0 aromatic carbocycles.